The molecule has 1 N–H and O–H groups in total. The molecule has 0 fully saturated rings. The summed E-state index contributed by atoms with van der Waals surface area (Å²) in [4.78, 5) is 12.6. The summed E-state index contributed by atoms with van der Waals surface area (Å²) in [6, 6.07) is 16.5. The van der Waals surface area contributed by atoms with Crippen LogP contribution in [0.15, 0.2) is 54.1 Å². The van der Waals surface area contributed by atoms with E-state index in [4.69, 9.17) is 9.47 Å². The van der Waals surface area contributed by atoms with E-state index in [0.717, 1.165) is 22.5 Å². The van der Waals surface area contributed by atoms with Gasteiger partial charge < -0.3 is 14.8 Å². The van der Waals surface area contributed by atoms with Gasteiger partial charge in [0.1, 0.15) is 23.1 Å². The predicted octanol–water partition coefficient (Wildman–Crippen LogP) is 4.11. The maximum absolute atomic E-state index is 12.6. The number of amides is 1. The molecular weight excluding hydrogens is 392 g/mol. The molecule has 1 aromatic heterocycles. The normalized spacial score (nSPS) is 11.0. The Kier molecular flexibility index (Phi) is 6.73. The summed E-state index contributed by atoms with van der Waals surface area (Å²) in [6.07, 6.45) is 1.56. The number of benzene rings is 2. The van der Waals surface area contributed by atoms with Crippen molar-refractivity contribution in [1.82, 2.24) is 9.78 Å². The number of nitriles is 1. The second-order valence-electron chi connectivity index (χ2n) is 7.01. The highest BCUT2D eigenvalue weighted by Gasteiger charge is 2.12. The third-order valence-corrected chi connectivity index (χ3v) is 4.73. The van der Waals surface area contributed by atoms with Crippen LogP contribution in [-0.2, 0) is 11.3 Å². The van der Waals surface area contributed by atoms with Gasteiger partial charge in [-0.15, -0.1) is 0 Å². The zero-order valence-corrected chi connectivity index (χ0v) is 18.0. The summed E-state index contributed by atoms with van der Waals surface area (Å²) in [6.45, 7) is 4.45. The van der Waals surface area contributed by atoms with Crippen molar-refractivity contribution in [3.63, 3.8) is 0 Å². The Morgan fingerprint density at radius 2 is 1.97 bits per heavy atom. The predicted molar refractivity (Wildman–Crippen MR) is 119 cm³/mol. The van der Waals surface area contributed by atoms with Crippen molar-refractivity contribution in [3.8, 4) is 17.6 Å². The van der Waals surface area contributed by atoms with Gasteiger partial charge in [-0.25, -0.2) is 0 Å². The lowest BCUT2D eigenvalue weighted by atomic mass is 10.1. The van der Waals surface area contributed by atoms with E-state index < -0.39 is 5.91 Å². The van der Waals surface area contributed by atoms with Crippen molar-refractivity contribution in [2.24, 2.45) is 0 Å². The zero-order chi connectivity index (χ0) is 22.4. The fourth-order valence-corrected chi connectivity index (χ4v) is 3.22. The van der Waals surface area contributed by atoms with Gasteiger partial charge in [0.05, 0.1) is 26.5 Å². The molecule has 0 spiro atoms. The Balaban J connectivity index is 1.86. The highest BCUT2D eigenvalue weighted by atomic mass is 16.5. The third kappa shape index (κ3) is 5.31. The molecule has 3 aromatic rings. The maximum Gasteiger partial charge on any atom is 0.266 e. The second kappa shape index (κ2) is 9.63. The number of hydrogen-bond donors (Lipinski definition) is 1. The molecule has 0 unspecified atom stereocenters. The van der Waals surface area contributed by atoms with Gasteiger partial charge in [-0.3, -0.25) is 9.48 Å². The molecular formula is C24H24N4O3. The molecule has 0 aliphatic heterocycles. The molecule has 7 nitrogen and oxygen atoms in total. The highest BCUT2D eigenvalue weighted by Crippen LogP contribution is 2.23. The summed E-state index contributed by atoms with van der Waals surface area (Å²) in [5.41, 5.74) is 4.13. The number of carbonyl (C=O) groups is 1. The van der Waals surface area contributed by atoms with E-state index in [0.29, 0.717) is 23.7 Å². The molecule has 3 rings (SSSR count). The van der Waals surface area contributed by atoms with Crippen molar-refractivity contribution < 1.29 is 14.3 Å². The summed E-state index contributed by atoms with van der Waals surface area (Å²) in [5.74, 6) is 0.833. The lowest BCUT2D eigenvalue weighted by molar-refractivity contribution is -0.112. The summed E-state index contributed by atoms with van der Waals surface area (Å²) >= 11 is 0. The van der Waals surface area contributed by atoms with Crippen LogP contribution in [0.5, 0.6) is 11.5 Å². The van der Waals surface area contributed by atoms with Crippen LogP contribution < -0.4 is 14.8 Å². The lowest BCUT2D eigenvalue weighted by Gasteiger charge is -2.11. The van der Waals surface area contributed by atoms with E-state index in [9.17, 15) is 10.1 Å². The van der Waals surface area contributed by atoms with E-state index in [2.05, 4.69) is 10.4 Å². The van der Waals surface area contributed by atoms with Gasteiger partial charge in [-0.05, 0) is 55.8 Å². The van der Waals surface area contributed by atoms with Crippen molar-refractivity contribution in [3.05, 3.63) is 76.6 Å². The number of rotatable bonds is 7. The van der Waals surface area contributed by atoms with Crippen molar-refractivity contribution in [2.75, 3.05) is 19.5 Å². The average molecular weight is 416 g/mol. The van der Waals surface area contributed by atoms with Gasteiger partial charge in [-0.2, -0.15) is 10.4 Å². The van der Waals surface area contributed by atoms with Crippen LogP contribution in [0.1, 0.15) is 22.5 Å². The average Bonchev–Trinajstić information content (AvgIpc) is 3.08. The first-order valence-corrected chi connectivity index (χ1v) is 9.68. The Hall–Kier alpha value is -4.05. The van der Waals surface area contributed by atoms with E-state index in [1.807, 2.05) is 42.8 Å². The molecule has 0 bridgehead atoms. The van der Waals surface area contributed by atoms with E-state index in [1.54, 1.807) is 50.6 Å². The molecule has 1 amide bonds. The van der Waals surface area contributed by atoms with Gasteiger partial charge in [-0.1, -0.05) is 12.1 Å². The molecule has 2 aromatic carbocycles. The fourth-order valence-electron chi connectivity index (χ4n) is 3.22. The number of nitrogens with zero attached hydrogens (tertiary/aromatic N) is 3. The number of nitrogens with one attached hydrogen (secondary N) is 1. The minimum atomic E-state index is -0.494. The van der Waals surface area contributed by atoms with E-state index in [1.165, 1.54) is 0 Å². The van der Waals surface area contributed by atoms with Crippen LogP contribution in [0.2, 0.25) is 0 Å². The molecule has 0 atom stereocenters. The largest absolute Gasteiger partial charge is 0.497 e. The minimum Gasteiger partial charge on any atom is -0.497 e. The summed E-state index contributed by atoms with van der Waals surface area (Å²) in [5, 5.41) is 16.8. The van der Waals surface area contributed by atoms with Gasteiger partial charge >= 0.3 is 0 Å². The monoisotopic (exact) mass is 416 g/mol. The molecule has 1 heterocycles. The van der Waals surface area contributed by atoms with Gasteiger partial charge in [0.15, 0.2) is 0 Å². The van der Waals surface area contributed by atoms with Crippen LogP contribution in [0.25, 0.3) is 6.08 Å². The lowest BCUT2D eigenvalue weighted by Crippen LogP contribution is -2.13. The molecule has 0 saturated carbocycles. The minimum absolute atomic E-state index is 0.00921. The molecule has 31 heavy (non-hydrogen) atoms. The Morgan fingerprint density at radius 3 is 2.61 bits per heavy atom. The number of anilines is 1. The first-order valence-electron chi connectivity index (χ1n) is 9.68. The molecule has 158 valence electrons. The second-order valence-corrected chi connectivity index (χ2v) is 7.01. The highest BCUT2D eigenvalue weighted by molar-refractivity contribution is 6.09. The molecule has 0 radical (unpaired) electrons. The quantitative estimate of drug-likeness (QED) is 0.462. The van der Waals surface area contributed by atoms with Crippen LogP contribution in [0.4, 0.5) is 5.69 Å². The first kappa shape index (κ1) is 21.7. The molecule has 0 aliphatic rings. The van der Waals surface area contributed by atoms with Gasteiger partial charge in [0.2, 0.25) is 0 Å². The molecule has 0 aliphatic carbocycles. The van der Waals surface area contributed by atoms with Crippen molar-refractivity contribution >= 4 is 17.7 Å². The van der Waals surface area contributed by atoms with Crippen molar-refractivity contribution in [2.45, 2.75) is 20.4 Å². The Bertz CT molecular complexity index is 1170. The Morgan fingerprint density at radius 1 is 1.16 bits per heavy atom. The fraction of sp³-hybridized carbons (Fsp3) is 0.208. The van der Waals surface area contributed by atoms with Gasteiger partial charge in [0.25, 0.3) is 5.91 Å². The first-order chi connectivity index (χ1) is 14.9. The van der Waals surface area contributed by atoms with Crippen LogP contribution in [0.3, 0.4) is 0 Å². The van der Waals surface area contributed by atoms with Crippen LogP contribution in [0, 0.1) is 25.2 Å². The summed E-state index contributed by atoms with van der Waals surface area (Å²) in [7, 11) is 3.16. The maximum atomic E-state index is 12.6. The molecule has 0 saturated heterocycles. The van der Waals surface area contributed by atoms with Crippen molar-refractivity contribution in [1.29, 1.82) is 5.26 Å². The number of methoxy groups -OCH3 is 2. The van der Waals surface area contributed by atoms with Crippen LogP contribution >= 0.6 is 0 Å². The summed E-state index contributed by atoms with van der Waals surface area (Å²) < 4.78 is 12.5. The van der Waals surface area contributed by atoms with E-state index in [-0.39, 0.29) is 5.57 Å². The smallest absolute Gasteiger partial charge is 0.266 e. The molecule has 7 heteroatoms. The number of hydrogen-bond acceptors (Lipinski definition) is 5. The number of carbonyl (C=O) groups excluding carboxylic acids is 1. The topological polar surface area (TPSA) is 89.2 Å². The van der Waals surface area contributed by atoms with E-state index >= 15 is 0 Å². The van der Waals surface area contributed by atoms with Crippen LogP contribution in [-0.4, -0.2) is 29.9 Å². The zero-order valence-electron chi connectivity index (χ0n) is 18.0. The third-order valence-electron chi connectivity index (χ3n) is 4.73. The number of aryl methyl sites for hydroxylation is 2. The number of ether oxygens (including phenoxy) is 2. The Labute approximate surface area is 181 Å². The SMILES string of the molecule is COc1cccc(NC(=O)/C(C#N)=C/c2ccc(OC)c(Cn3nc(C)cc3C)c2)c1. The number of aromatic nitrogens is 2. The van der Waals surface area contributed by atoms with Gasteiger partial charge in [0, 0.05) is 23.0 Å². The standard InChI is InChI=1S/C24H24N4O3/c1-16-10-17(2)28(27-16)15-20-12-18(8-9-23(20)31-4)11-19(14-25)24(29)26-21-6-5-7-22(13-21)30-3/h5-13H,15H2,1-4H3,(H,26,29)/b19-11+.